The molecule has 0 spiro atoms. The Morgan fingerprint density at radius 2 is 2.00 bits per heavy atom. The second kappa shape index (κ2) is 4.60. The van der Waals surface area contributed by atoms with E-state index in [0.29, 0.717) is 23.2 Å². The fraction of sp³-hybridized carbons (Fsp3) is 0.353. The van der Waals surface area contributed by atoms with Gasteiger partial charge in [-0.2, -0.15) is 0 Å². The molecule has 2 saturated heterocycles. The van der Waals surface area contributed by atoms with E-state index in [1.54, 1.807) is 25.2 Å². The van der Waals surface area contributed by atoms with Crippen LogP contribution in [0.25, 0.3) is 0 Å². The summed E-state index contributed by atoms with van der Waals surface area (Å²) in [6.07, 6.45) is 4.00. The van der Waals surface area contributed by atoms with Crippen molar-refractivity contribution >= 4 is 34.9 Å². The highest BCUT2D eigenvalue weighted by atomic mass is 35.5. The molecule has 6 nitrogen and oxygen atoms in total. The van der Waals surface area contributed by atoms with Crippen LogP contribution in [0, 0.1) is 17.8 Å². The summed E-state index contributed by atoms with van der Waals surface area (Å²) in [5.74, 6) is 0.256. The van der Waals surface area contributed by atoms with E-state index in [9.17, 15) is 9.59 Å². The third-order valence-corrected chi connectivity index (χ3v) is 5.59. The Morgan fingerprint density at radius 3 is 2.83 bits per heavy atom. The van der Waals surface area contributed by atoms with Crippen molar-refractivity contribution in [3.8, 4) is 5.75 Å². The average molecular weight is 344 g/mol. The molecule has 0 aromatic heterocycles. The molecule has 2 fully saturated rings. The summed E-state index contributed by atoms with van der Waals surface area (Å²) in [5.41, 5.74) is 0.655. The number of fused-ring (bicyclic) bond motifs is 1. The number of rotatable bonds is 0. The van der Waals surface area contributed by atoms with Crippen molar-refractivity contribution in [1.29, 1.82) is 0 Å². The van der Waals surface area contributed by atoms with Gasteiger partial charge in [-0.15, -0.1) is 0 Å². The highest BCUT2D eigenvalue weighted by Gasteiger charge is 2.60. The molecular formula is C17H14ClN3O3. The first-order valence-corrected chi connectivity index (χ1v) is 8.21. The molecule has 7 heteroatoms. The lowest BCUT2D eigenvalue weighted by Crippen LogP contribution is -2.59. The number of hydrogen-bond acceptors (Lipinski definition) is 5. The van der Waals surface area contributed by atoms with Crippen molar-refractivity contribution in [2.75, 3.05) is 13.8 Å². The van der Waals surface area contributed by atoms with Gasteiger partial charge in [-0.05, 0) is 18.2 Å². The van der Waals surface area contributed by atoms with Gasteiger partial charge in [0.1, 0.15) is 17.3 Å². The highest BCUT2D eigenvalue weighted by molar-refractivity contribution is 6.31. The van der Waals surface area contributed by atoms with Crippen LogP contribution in [0.3, 0.4) is 0 Å². The predicted octanol–water partition coefficient (Wildman–Crippen LogP) is 1.82. The van der Waals surface area contributed by atoms with Crippen LogP contribution in [0.5, 0.6) is 5.75 Å². The van der Waals surface area contributed by atoms with Gasteiger partial charge in [-0.25, -0.2) is 4.99 Å². The summed E-state index contributed by atoms with van der Waals surface area (Å²) in [4.78, 5) is 33.0. The molecule has 24 heavy (non-hydrogen) atoms. The normalized spacial score (nSPS) is 32.8. The number of carbonyl (C=O) groups is 2. The Balaban J connectivity index is 1.66. The van der Waals surface area contributed by atoms with E-state index < -0.39 is 0 Å². The number of amidine groups is 1. The van der Waals surface area contributed by atoms with Crippen LogP contribution in [0.1, 0.15) is 0 Å². The highest BCUT2D eigenvalue weighted by Crippen LogP contribution is 2.47. The van der Waals surface area contributed by atoms with E-state index >= 15 is 0 Å². The van der Waals surface area contributed by atoms with Gasteiger partial charge in [0, 0.05) is 18.0 Å². The number of nitrogens with zero attached hydrogens (tertiary/aromatic N) is 3. The number of imide groups is 1. The average Bonchev–Trinajstić information content (AvgIpc) is 2.75. The maximum absolute atomic E-state index is 12.5. The molecule has 4 heterocycles. The smallest absolute Gasteiger partial charge is 0.235 e. The van der Waals surface area contributed by atoms with Gasteiger partial charge in [0.2, 0.25) is 11.8 Å². The molecule has 0 saturated carbocycles. The first-order valence-electron chi connectivity index (χ1n) is 7.83. The number of piperidine rings is 1. The summed E-state index contributed by atoms with van der Waals surface area (Å²) in [6, 6.07) is 5.10. The van der Waals surface area contributed by atoms with Gasteiger partial charge in [0.05, 0.1) is 17.9 Å². The molecule has 1 aliphatic carbocycles. The molecule has 4 unspecified atom stereocenters. The zero-order valence-electron chi connectivity index (χ0n) is 12.8. The molecular weight excluding hydrogens is 330 g/mol. The van der Waals surface area contributed by atoms with Crippen LogP contribution < -0.4 is 4.74 Å². The largest absolute Gasteiger partial charge is 0.471 e. The minimum Gasteiger partial charge on any atom is -0.471 e. The van der Waals surface area contributed by atoms with E-state index in [0.717, 1.165) is 5.84 Å². The van der Waals surface area contributed by atoms with Crippen molar-refractivity contribution in [3.05, 3.63) is 35.4 Å². The van der Waals surface area contributed by atoms with Crippen LogP contribution >= 0.6 is 11.6 Å². The summed E-state index contributed by atoms with van der Waals surface area (Å²) in [6.45, 7) is 0.299. The summed E-state index contributed by atoms with van der Waals surface area (Å²) in [5, 5.41) is 0.580. The molecule has 4 atom stereocenters. The van der Waals surface area contributed by atoms with Crippen LogP contribution in [0.15, 0.2) is 35.3 Å². The number of likely N-dealkylation sites (tertiary alicyclic amines) is 1. The van der Waals surface area contributed by atoms with Gasteiger partial charge in [-0.1, -0.05) is 23.8 Å². The first kappa shape index (κ1) is 14.0. The number of benzene rings is 1. The van der Waals surface area contributed by atoms with E-state index in [2.05, 4.69) is 0 Å². The van der Waals surface area contributed by atoms with E-state index in [-0.39, 0.29) is 35.6 Å². The lowest BCUT2D eigenvalue weighted by molar-refractivity contribution is -0.138. The van der Waals surface area contributed by atoms with Gasteiger partial charge in [0.25, 0.3) is 0 Å². The Hall–Kier alpha value is -2.34. The van der Waals surface area contributed by atoms with Crippen LogP contribution in [-0.2, 0) is 9.59 Å². The maximum Gasteiger partial charge on any atom is 0.235 e. The maximum atomic E-state index is 12.5. The van der Waals surface area contributed by atoms with E-state index in [1.165, 1.54) is 4.90 Å². The number of carbonyl (C=O) groups excluding carboxylic acids is 2. The minimum atomic E-state index is -0.367. The second-order valence-electron chi connectivity index (χ2n) is 6.51. The Morgan fingerprint density at radius 1 is 1.21 bits per heavy atom. The minimum absolute atomic E-state index is 0.117. The molecule has 1 aromatic rings. The summed E-state index contributed by atoms with van der Waals surface area (Å²) in [7, 11) is 1.56. The van der Waals surface area contributed by atoms with E-state index in [1.807, 2.05) is 17.1 Å². The predicted molar refractivity (Wildman–Crippen MR) is 87.1 cm³/mol. The molecule has 4 aliphatic heterocycles. The SMILES string of the molecule is CN1C(=O)C2C3C=CC(C2C1=O)N1COc2ccc(Cl)cc2N=C31. The molecule has 2 bridgehead atoms. The number of aliphatic imine (C=N–C) groups is 1. The topological polar surface area (TPSA) is 62.2 Å². The van der Waals surface area contributed by atoms with Gasteiger partial charge < -0.3 is 9.64 Å². The molecule has 1 aromatic carbocycles. The zero-order chi connectivity index (χ0) is 16.6. The fourth-order valence-corrected chi connectivity index (χ4v) is 4.38. The monoisotopic (exact) mass is 343 g/mol. The van der Waals surface area contributed by atoms with Crippen molar-refractivity contribution < 1.29 is 14.3 Å². The quantitative estimate of drug-likeness (QED) is 0.532. The second-order valence-corrected chi connectivity index (χ2v) is 6.95. The van der Waals surface area contributed by atoms with Crippen LogP contribution in [0.2, 0.25) is 5.02 Å². The molecule has 5 aliphatic rings. The molecule has 122 valence electrons. The van der Waals surface area contributed by atoms with Gasteiger partial charge in [-0.3, -0.25) is 14.5 Å². The first-order chi connectivity index (χ1) is 11.6. The third-order valence-electron chi connectivity index (χ3n) is 5.36. The number of hydrogen-bond donors (Lipinski definition) is 0. The van der Waals surface area contributed by atoms with Crippen LogP contribution in [0.4, 0.5) is 5.69 Å². The molecule has 0 N–H and O–H groups in total. The standard InChI is InChI=1S/C17H14ClN3O3/c1-20-16(22)13-9-3-4-11(14(13)17(20)23)21-7-24-12-5-2-8(18)6-10(12)19-15(9)21/h2-6,9,11,13-14H,7H2,1H3. The lowest BCUT2D eigenvalue weighted by Gasteiger charge is -2.47. The van der Waals surface area contributed by atoms with Crippen molar-refractivity contribution in [1.82, 2.24) is 9.80 Å². The van der Waals surface area contributed by atoms with Crippen molar-refractivity contribution in [3.63, 3.8) is 0 Å². The van der Waals surface area contributed by atoms with Crippen LogP contribution in [-0.4, -0.2) is 47.3 Å². The fourth-order valence-electron chi connectivity index (χ4n) is 4.21. The zero-order valence-corrected chi connectivity index (χ0v) is 13.6. The summed E-state index contributed by atoms with van der Waals surface area (Å²) >= 11 is 6.08. The molecule has 6 rings (SSSR count). The third kappa shape index (κ3) is 1.64. The Bertz CT molecular complexity index is 849. The van der Waals surface area contributed by atoms with E-state index in [4.69, 9.17) is 21.3 Å². The lowest BCUT2D eigenvalue weighted by atomic mass is 9.69. The summed E-state index contributed by atoms with van der Waals surface area (Å²) < 4.78 is 5.87. The Labute approximate surface area is 143 Å². The van der Waals surface area contributed by atoms with Gasteiger partial charge >= 0.3 is 0 Å². The van der Waals surface area contributed by atoms with Crippen molar-refractivity contribution in [2.24, 2.45) is 22.7 Å². The van der Waals surface area contributed by atoms with Crippen molar-refractivity contribution in [2.45, 2.75) is 6.04 Å². The van der Waals surface area contributed by atoms with Gasteiger partial charge in [0.15, 0.2) is 6.73 Å². The molecule has 2 amide bonds. The molecule has 0 radical (unpaired) electrons. The number of halogens is 1. The Kier molecular flexibility index (Phi) is 2.69. The number of ether oxygens (including phenoxy) is 1. The number of amides is 2.